The van der Waals surface area contributed by atoms with Crippen molar-refractivity contribution in [3.05, 3.63) is 65.7 Å². The number of para-hydroxylation sites is 2. The van der Waals surface area contributed by atoms with Crippen LogP contribution in [0.3, 0.4) is 0 Å². The predicted molar refractivity (Wildman–Crippen MR) is 104 cm³/mol. The van der Waals surface area contributed by atoms with E-state index in [4.69, 9.17) is 4.98 Å². The maximum absolute atomic E-state index is 12.9. The Hall–Kier alpha value is -2.33. The number of benzene rings is 2. The molecule has 3 aromatic rings. The second-order valence-corrected chi connectivity index (χ2v) is 7.78. The molecule has 0 saturated carbocycles. The molecule has 0 bridgehead atoms. The lowest BCUT2D eigenvalue weighted by molar-refractivity contribution is -0.117. The van der Waals surface area contributed by atoms with Crippen LogP contribution in [0.2, 0.25) is 0 Å². The molecule has 1 aliphatic heterocycles. The molecule has 126 valence electrons. The third-order valence-electron chi connectivity index (χ3n) is 4.70. The predicted octanol–water partition coefficient (Wildman–Crippen LogP) is 4.61. The second kappa shape index (κ2) is 6.52. The van der Waals surface area contributed by atoms with Crippen LogP contribution >= 0.6 is 11.8 Å². The van der Waals surface area contributed by atoms with E-state index in [1.165, 1.54) is 28.3 Å². The molecule has 0 spiro atoms. The number of anilines is 1. The van der Waals surface area contributed by atoms with Gasteiger partial charge in [0, 0.05) is 17.6 Å². The Morgan fingerprint density at radius 2 is 1.92 bits per heavy atom. The summed E-state index contributed by atoms with van der Waals surface area (Å²) in [5, 5.41) is 1.91. The Bertz CT molecular complexity index is 954. The SMILES string of the molecule is Cc1cc(SC(C)C(=O)N2CCc3ccccc32)nc2ccccc12. The van der Waals surface area contributed by atoms with Gasteiger partial charge in [-0.05, 0) is 49.6 Å². The van der Waals surface area contributed by atoms with Crippen molar-refractivity contribution in [3.63, 3.8) is 0 Å². The van der Waals surface area contributed by atoms with Gasteiger partial charge in [0.05, 0.1) is 15.8 Å². The molecule has 25 heavy (non-hydrogen) atoms. The molecule has 3 nitrogen and oxygen atoms in total. The van der Waals surface area contributed by atoms with E-state index in [0.717, 1.165) is 29.2 Å². The number of hydrogen-bond donors (Lipinski definition) is 0. The minimum atomic E-state index is -0.167. The number of thioether (sulfide) groups is 1. The lowest BCUT2D eigenvalue weighted by Crippen LogP contribution is -2.35. The molecule has 1 atom stereocenters. The Morgan fingerprint density at radius 1 is 1.16 bits per heavy atom. The van der Waals surface area contributed by atoms with E-state index in [9.17, 15) is 4.79 Å². The van der Waals surface area contributed by atoms with Gasteiger partial charge in [-0.2, -0.15) is 0 Å². The Morgan fingerprint density at radius 3 is 2.80 bits per heavy atom. The second-order valence-electron chi connectivity index (χ2n) is 6.42. The summed E-state index contributed by atoms with van der Waals surface area (Å²) >= 11 is 1.54. The minimum absolute atomic E-state index is 0.155. The molecule has 0 fully saturated rings. The average Bonchev–Trinajstić information content (AvgIpc) is 3.05. The number of carbonyl (C=O) groups excluding carboxylic acids is 1. The van der Waals surface area contributed by atoms with Crippen molar-refractivity contribution in [1.82, 2.24) is 4.98 Å². The first kappa shape index (κ1) is 16.2. The molecule has 0 aliphatic carbocycles. The summed E-state index contributed by atoms with van der Waals surface area (Å²) in [6.07, 6.45) is 0.937. The number of hydrogen-bond acceptors (Lipinski definition) is 3. The molecule has 2 heterocycles. The lowest BCUT2D eigenvalue weighted by Gasteiger charge is -2.21. The van der Waals surface area contributed by atoms with Gasteiger partial charge in [0.25, 0.3) is 0 Å². The number of fused-ring (bicyclic) bond motifs is 2. The van der Waals surface area contributed by atoms with E-state index in [-0.39, 0.29) is 11.2 Å². The Balaban J connectivity index is 1.56. The summed E-state index contributed by atoms with van der Waals surface area (Å²) in [7, 11) is 0. The zero-order chi connectivity index (χ0) is 17.4. The fourth-order valence-electron chi connectivity index (χ4n) is 3.40. The van der Waals surface area contributed by atoms with Crippen LogP contribution in [0.5, 0.6) is 0 Å². The van der Waals surface area contributed by atoms with Crippen molar-refractivity contribution < 1.29 is 4.79 Å². The monoisotopic (exact) mass is 348 g/mol. The van der Waals surface area contributed by atoms with Crippen LogP contribution in [0, 0.1) is 6.92 Å². The minimum Gasteiger partial charge on any atom is -0.311 e. The van der Waals surface area contributed by atoms with E-state index in [2.05, 4.69) is 25.1 Å². The standard InChI is InChI=1S/C21H20N2OS/c1-14-13-20(22-18-9-5-4-8-17(14)18)25-15(2)21(24)23-12-11-16-7-3-6-10-19(16)23/h3-10,13,15H,11-12H2,1-2H3. The highest BCUT2D eigenvalue weighted by Crippen LogP contribution is 2.32. The quantitative estimate of drug-likeness (QED) is 0.648. The maximum atomic E-state index is 12.9. The first-order valence-electron chi connectivity index (χ1n) is 8.56. The first-order chi connectivity index (χ1) is 12.1. The molecular formula is C21H20N2OS. The maximum Gasteiger partial charge on any atom is 0.240 e. The molecular weight excluding hydrogens is 328 g/mol. The zero-order valence-corrected chi connectivity index (χ0v) is 15.2. The summed E-state index contributed by atoms with van der Waals surface area (Å²) in [6.45, 7) is 4.84. The van der Waals surface area contributed by atoms with Gasteiger partial charge in [0.1, 0.15) is 0 Å². The molecule has 0 saturated heterocycles. The molecule has 1 aromatic heterocycles. The molecule has 1 amide bonds. The van der Waals surface area contributed by atoms with Crippen LogP contribution in [0.1, 0.15) is 18.1 Å². The van der Waals surface area contributed by atoms with Gasteiger partial charge in [0.2, 0.25) is 5.91 Å². The van der Waals surface area contributed by atoms with Gasteiger partial charge in [-0.25, -0.2) is 4.98 Å². The van der Waals surface area contributed by atoms with Crippen molar-refractivity contribution in [1.29, 1.82) is 0 Å². The van der Waals surface area contributed by atoms with E-state index in [1.807, 2.05) is 48.2 Å². The number of aryl methyl sites for hydroxylation is 1. The van der Waals surface area contributed by atoms with Crippen LogP contribution in [0.4, 0.5) is 5.69 Å². The van der Waals surface area contributed by atoms with E-state index >= 15 is 0 Å². The van der Waals surface area contributed by atoms with Gasteiger partial charge >= 0.3 is 0 Å². The number of aromatic nitrogens is 1. The smallest absolute Gasteiger partial charge is 0.240 e. The molecule has 0 radical (unpaired) electrons. The molecule has 1 aliphatic rings. The van der Waals surface area contributed by atoms with Gasteiger partial charge in [-0.1, -0.05) is 48.2 Å². The first-order valence-corrected chi connectivity index (χ1v) is 9.44. The summed E-state index contributed by atoms with van der Waals surface area (Å²) in [6, 6.07) is 18.4. The summed E-state index contributed by atoms with van der Waals surface area (Å²) in [5.41, 5.74) is 4.49. The van der Waals surface area contributed by atoms with Crippen molar-refractivity contribution in [2.45, 2.75) is 30.5 Å². The molecule has 2 aromatic carbocycles. The van der Waals surface area contributed by atoms with Gasteiger partial charge in [0.15, 0.2) is 0 Å². The van der Waals surface area contributed by atoms with E-state index in [0.29, 0.717) is 0 Å². The Kier molecular flexibility index (Phi) is 4.22. The third-order valence-corrected chi connectivity index (χ3v) is 5.70. The van der Waals surface area contributed by atoms with Crippen LogP contribution in [0.25, 0.3) is 10.9 Å². The Labute approximate surface area is 152 Å². The fraction of sp³-hybridized carbons (Fsp3) is 0.238. The van der Waals surface area contributed by atoms with Crippen molar-refractivity contribution in [3.8, 4) is 0 Å². The molecule has 0 N–H and O–H groups in total. The van der Waals surface area contributed by atoms with Crippen LogP contribution in [-0.4, -0.2) is 22.7 Å². The third kappa shape index (κ3) is 3.02. The molecule has 4 heteroatoms. The molecule has 1 unspecified atom stereocenters. The van der Waals surface area contributed by atoms with Crippen LogP contribution in [0.15, 0.2) is 59.6 Å². The van der Waals surface area contributed by atoms with Crippen molar-refractivity contribution in [2.75, 3.05) is 11.4 Å². The van der Waals surface area contributed by atoms with E-state index < -0.39 is 0 Å². The number of amides is 1. The van der Waals surface area contributed by atoms with Gasteiger partial charge in [-0.3, -0.25) is 4.79 Å². The average molecular weight is 348 g/mol. The normalized spacial score (nSPS) is 14.6. The zero-order valence-electron chi connectivity index (χ0n) is 14.4. The van der Waals surface area contributed by atoms with E-state index in [1.54, 1.807) is 0 Å². The van der Waals surface area contributed by atoms with Crippen molar-refractivity contribution in [2.24, 2.45) is 0 Å². The number of carbonyl (C=O) groups is 1. The molecule has 4 rings (SSSR count). The number of nitrogens with zero attached hydrogens (tertiary/aromatic N) is 2. The van der Waals surface area contributed by atoms with Crippen molar-refractivity contribution >= 4 is 34.3 Å². The summed E-state index contributed by atoms with van der Waals surface area (Å²) in [5.74, 6) is 0.155. The largest absolute Gasteiger partial charge is 0.311 e. The highest BCUT2D eigenvalue weighted by Gasteiger charge is 2.28. The van der Waals surface area contributed by atoms with Gasteiger partial charge in [-0.15, -0.1) is 0 Å². The summed E-state index contributed by atoms with van der Waals surface area (Å²) < 4.78 is 0. The summed E-state index contributed by atoms with van der Waals surface area (Å²) in [4.78, 5) is 19.6. The highest BCUT2D eigenvalue weighted by molar-refractivity contribution is 8.00. The van der Waals surface area contributed by atoms with Crippen LogP contribution < -0.4 is 4.90 Å². The number of pyridine rings is 1. The fourth-order valence-corrected chi connectivity index (χ4v) is 4.38. The number of rotatable bonds is 3. The lowest BCUT2D eigenvalue weighted by atomic mass is 10.1. The highest BCUT2D eigenvalue weighted by atomic mass is 32.2. The van der Waals surface area contributed by atoms with Gasteiger partial charge < -0.3 is 4.90 Å². The van der Waals surface area contributed by atoms with Crippen LogP contribution in [-0.2, 0) is 11.2 Å². The topological polar surface area (TPSA) is 33.2 Å².